The first-order valence-electron chi connectivity index (χ1n) is 7.69. The van der Waals surface area contributed by atoms with Gasteiger partial charge in [0.25, 0.3) is 0 Å². The first-order chi connectivity index (χ1) is 10.0. The summed E-state index contributed by atoms with van der Waals surface area (Å²) in [5.41, 5.74) is 2.40. The number of nitrogens with one attached hydrogen (secondary N) is 1. The fourth-order valence-electron chi connectivity index (χ4n) is 2.92. The third-order valence-corrected chi connectivity index (χ3v) is 6.41. The summed E-state index contributed by atoms with van der Waals surface area (Å²) >= 11 is 0. The predicted octanol–water partition coefficient (Wildman–Crippen LogP) is 2.02. The van der Waals surface area contributed by atoms with Gasteiger partial charge in [-0.25, -0.2) is 13.1 Å². The zero-order valence-corrected chi connectivity index (χ0v) is 13.2. The highest BCUT2D eigenvalue weighted by atomic mass is 32.2. The molecule has 0 amide bonds. The predicted molar refractivity (Wildman–Crippen MR) is 82.7 cm³/mol. The molecule has 5 heteroatoms. The van der Waals surface area contributed by atoms with Gasteiger partial charge in [-0.05, 0) is 38.2 Å². The Hall–Kier alpha value is -0.910. The monoisotopic (exact) mass is 309 g/mol. The second-order valence-corrected chi connectivity index (χ2v) is 8.22. The van der Waals surface area contributed by atoms with E-state index in [9.17, 15) is 8.42 Å². The number of benzene rings is 1. The second kappa shape index (κ2) is 6.07. The lowest BCUT2D eigenvalue weighted by Gasteiger charge is -2.31. The van der Waals surface area contributed by atoms with Gasteiger partial charge in [0, 0.05) is 18.6 Å². The van der Waals surface area contributed by atoms with Crippen molar-refractivity contribution in [3.8, 4) is 0 Å². The molecule has 1 aromatic rings. The third-order valence-electron chi connectivity index (χ3n) is 4.33. The van der Waals surface area contributed by atoms with Crippen LogP contribution < -0.4 is 4.72 Å². The molecule has 0 spiro atoms. The molecule has 2 fully saturated rings. The minimum Gasteiger partial charge on any atom is -0.381 e. The summed E-state index contributed by atoms with van der Waals surface area (Å²) < 4.78 is 33.4. The fraction of sp³-hybridized carbons (Fsp3) is 0.625. The van der Waals surface area contributed by atoms with E-state index >= 15 is 0 Å². The molecule has 21 heavy (non-hydrogen) atoms. The van der Waals surface area contributed by atoms with E-state index in [1.807, 2.05) is 0 Å². The molecule has 1 saturated heterocycles. The number of hydrogen-bond acceptors (Lipinski definition) is 3. The molecule has 0 aromatic heterocycles. The number of hydrogen-bond donors (Lipinski definition) is 1. The van der Waals surface area contributed by atoms with Crippen molar-refractivity contribution in [1.82, 2.24) is 4.72 Å². The van der Waals surface area contributed by atoms with Crippen LogP contribution in [0.2, 0.25) is 0 Å². The molecule has 1 aliphatic heterocycles. The van der Waals surface area contributed by atoms with E-state index in [1.165, 1.54) is 11.1 Å². The Morgan fingerprint density at radius 1 is 1.19 bits per heavy atom. The molecular formula is C16H23NO3S. The van der Waals surface area contributed by atoms with Gasteiger partial charge in [-0.15, -0.1) is 0 Å². The lowest BCUT2D eigenvalue weighted by atomic mass is 9.93. The van der Waals surface area contributed by atoms with Crippen molar-refractivity contribution in [2.75, 3.05) is 13.2 Å². The van der Waals surface area contributed by atoms with Crippen LogP contribution in [0.15, 0.2) is 24.3 Å². The largest absolute Gasteiger partial charge is 0.381 e. The Balaban J connectivity index is 1.72. The van der Waals surface area contributed by atoms with Crippen molar-refractivity contribution in [1.29, 1.82) is 0 Å². The normalized spacial score (nSPS) is 26.7. The summed E-state index contributed by atoms with van der Waals surface area (Å²) in [4.78, 5) is 0. The van der Waals surface area contributed by atoms with E-state index in [0.29, 0.717) is 19.6 Å². The maximum atomic E-state index is 12.5. The van der Waals surface area contributed by atoms with Crippen LogP contribution in [0.1, 0.15) is 30.4 Å². The summed E-state index contributed by atoms with van der Waals surface area (Å²) in [6.07, 6.45) is 3.31. The average molecular weight is 309 g/mol. The molecule has 1 saturated carbocycles. The number of aryl methyl sites for hydroxylation is 1. The highest BCUT2D eigenvalue weighted by molar-refractivity contribution is 7.90. The number of rotatable bonds is 5. The lowest BCUT2D eigenvalue weighted by molar-refractivity contribution is 0.0570. The highest BCUT2D eigenvalue weighted by Crippen LogP contribution is 2.28. The SMILES string of the molecule is Cc1ccc(CC2COCCC2S(=O)(=O)NC2CC2)cc1. The molecule has 2 aliphatic rings. The van der Waals surface area contributed by atoms with Crippen LogP contribution in [0.3, 0.4) is 0 Å². The first kappa shape index (κ1) is 15.0. The molecule has 1 N–H and O–H groups in total. The molecule has 116 valence electrons. The van der Waals surface area contributed by atoms with Crippen molar-refractivity contribution in [2.45, 2.75) is 43.9 Å². The second-order valence-electron chi connectivity index (χ2n) is 6.29. The van der Waals surface area contributed by atoms with Gasteiger partial charge in [-0.2, -0.15) is 0 Å². The topological polar surface area (TPSA) is 55.4 Å². The Morgan fingerprint density at radius 2 is 1.90 bits per heavy atom. The van der Waals surface area contributed by atoms with Gasteiger partial charge in [0.1, 0.15) is 0 Å². The van der Waals surface area contributed by atoms with Crippen LogP contribution in [0, 0.1) is 12.8 Å². The van der Waals surface area contributed by atoms with Gasteiger partial charge >= 0.3 is 0 Å². The molecule has 1 heterocycles. The summed E-state index contributed by atoms with van der Waals surface area (Å²) in [5.74, 6) is 0.0395. The van der Waals surface area contributed by atoms with Gasteiger partial charge in [0.05, 0.1) is 11.9 Å². The quantitative estimate of drug-likeness (QED) is 0.905. The van der Waals surface area contributed by atoms with Gasteiger partial charge in [-0.1, -0.05) is 29.8 Å². The molecule has 4 nitrogen and oxygen atoms in total. The first-order valence-corrected chi connectivity index (χ1v) is 9.24. The Bertz CT molecular complexity index is 578. The van der Waals surface area contributed by atoms with E-state index in [4.69, 9.17) is 4.74 Å². The minimum atomic E-state index is -3.23. The summed E-state index contributed by atoms with van der Waals surface area (Å²) in [6, 6.07) is 8.50. The minimum absolute atomic E-state index is 0.0395. The zero-order chi connectivity index (χ0) is 14.9. The molecular weight excluding hydrogens is 286 g/mol. The lowest BCUT2D eigenvalue weighted by Crippen LogP contribution is -2.45. The zero-order valence-electron chi connectivity index (χ0n) is 12.4. The summed E-state index contributed by atoms with van der Waals surface area (Å²) in [7, 11) is -3.23. The van der Waals surface area contributed by atoms with Gasteiger partial charge in [0.2, 0.25) is 10.0 Å². The van der Waals surface area contributed by atoms with E-state index in [-0.39, 0.29) is 17.2 Å². The van der Waals surface area contributed by atoms with Crippen molar-refractivity contribution in [3.63, 3.8) is 0 Å². The van der Waals surface area contributed by atoms with E-state index < -0.39 is 10.0 Å². The average Bonchev–Trinajstić information content (AvgIpc) is 3.25. The Labute approximate surface area is 126 Å². The van der Waals surface area contributed by atoms with Crippen LogP contribution in [0.4, 0.5) is 0 Å². The van der Waals surface area contributed by atoms with E-state index in [2.05, 4.69) is 35.9 Å². The fourth-order valence-corrected chi connectivity index (χ4v) is 4.89. The van der Waals surface area contributed by atoms with Crippen LogP contribution in [0.25, 0.3) is 0 Å². The van der Waals surface area contributed by atoms with Crippen molar-refractivity contribution < 1.29 is 13.2 Å². The standard InChI is InChI=1S/C16H23NO3S/c1-12-2-4-13(5-3-12)10-14-11-20-9-8-16(14)21(18,19)17-15-6-7-15/h2-5,14-17H,6-11H2,1H3. The third kappa shape index (κ3) is 3.84. The molecule has 3 rings (SSSR count). The molecule has 0 bridgehead atoms. The highest BCUT2D eigenvalue weighted by Gasteiger charge is 2.39. The van der Waals surface area contributed by atoms with Gasteiger partial charge in [-0.3, -0.25) is 0 Å². The Kier molecular flexibility index (Phi) is 4.33. The molecule has 1 aliphatic carbocycles. The molecule has 2 atom stereocenters. The number of sulfonamides is 1. The number of ether oxygens (including phenoxy) is 1. The maximum Gasteiger partial charge on any atom is 0.215 e. The van der Waals surface area contributed by atoms with E-state index in [0.717, 1.165) is 19.3 Å². The molecule has 2 unspecified atom stereocenters. The van der Waals surface area contributed by atoms with Crippen LogP contribution in [-0.4, -0.2) is 32.9 Å². The molecule has 0 radical (unpaired) electrons. The van der Waals surface area contributed by atoms with Crippen molar-refractivity contribution in [3.05, 3.63) is 35.4 Å². The van der Waals surface area contributed by atoms with Gasteiger partial charge in [0.15, 0.2) is 0 Å². The Morgan fingerprint density at radius 3 is 2.57 bits per heavy atom. The van der Waals surface area contributed by atoms with Gasteiger partial charge < -0.3 is 4.74 Å². The van der Waals surface area contributed by atoms with Crippen LogP contribution >= 0.6 is 0 Å². The van der Waals surface area contributed by atoms with Crippen molar-refractivity contribution >= 4 is 10.0 Å². The van der Waals surface area contributed by atoms with Crippen LogP contribution in [-0.2, 0) is 21.2 Å². The van der Waals surface area contributed by atoms with Crippen molar-refractivity contribution in [2.24, 2.45) is 5.92 Å². The van der Waals surface area contributed by atoms with Crippen LogP contribution in [0.5, 0.6) is 0 Å². The molecule has 1 aromatic carbocycles. The summed E-state index contributed by atoms with van der Waals surface area (Å²) in [5, 5.41) is -0.326. The smallest absolute Gasteiger partial charge is 0.215 e. The summed E-state index contributed by atoms with van der Waals surface area (Å²) in [6.45, 7) is 3.13. The maximum absolute atomic E-state index is 12.5. The van der Waals surface area contributed by atoms with E-state index in [1.54, 1.807) is 0 Å².